The van der Waals surface area contributed by atoms with Gasteiger partial charge in [0, 0.05) is 17.1 Å². The standard InChI is InChI=1S/C22H27BrN2O3/c1-4-16(2)24-22(27)17(3)25(14-18-10-12-19(23)13-11-18)21(26)15-28-20-8-6-5-7-9-20/h5-13,16-17H,4,14-15H2,1-3H3,(H,24,27). The van der Waals surface area contributed by atoms with Crippen molar-refractivity contribution in [2.75, 3.05) is 6.61 Å². The minimum Gasteiger partial charge on any atom is -0.484 e. The van der Waals surface area contributed by atoms with Crippen molar-refractivity contribution < 1.29 is 14.3 Å². The second kappa shape index (κ2) is 10.9. The SMILES string of the molecule is CCC(C)NC(=O)C(C)N(Cc1ccc(Br)cc1)C(=O)COc1ccccc1. The Hall–Kier alpha value is -2.34. The van der Waals surface area contributed by atoms with Gasteiger partial charge >= 0.3 is 0 Å². The number of hydrogen-bond acceptors (Lipinski definition) is 3. The van der Waals surface area contributed by atoms with E-state index >= 15 is 0 Å². The number of benzene rings is 2. The molecule has 0 fully saturated rings. The highest BCUT2D eigenvalue weighted by Gasteiger charge is 2.27. The zero-order valence-corrected chi connectivity index (χ0v) is 18.1. The Labute approximate surface area is 175 Å². The van der Waals surface area contributed by atoms with Crippen molar-refractivity contribution in [3.8, 4) is 5.75 Å². The summed E-state index contributed by atoms with van der Waals surface area (Å²) in [6, 6.07) is 16.3. The summed E-state index contributed by atoms with van der Waals surface area (Å²) in [5, 5.41) is 2.95. The van der Waals surface area contributed by atoms with Crippen molar-refractivity contribution in [3.05, 3.63) is 64.6 Å². The minimum absolute atomic E-state index is 0.0557. The molecule has 2 atom stereocenters. The van der Waals surface area contributed by atoms with E-state index in [1.165, 1.54) is 0 Å². The van der Waals surface area contributed by atoms with E-state index in [9.17, 15) is 9.59 Å². The molecule has 2 rings (SSSR count). The number of halogens is 1. The van der Waals surface area contributed by atoms with Gasteiger partial charge in [-0.3, -0.25) is 9.59 Å². The van der Waals surface area contributed by atoms with Crippen LogP contribution in [0.25, 0.3) is 0 Å². The number of para-hydroxylation sites is 1. The first kappa shape index (κ1) is 22.0. The number of amides is 2. The molecule has 2 aromatic carbocycles. The number of carbonyl (C=O) groups is 2. The van der Waals surface area contributed by atoms with Gasteiger partial charge in [-0.05, 0) is 50.1 Å². The van der Waals surface area contributed by atoms with E-state index in [1.54, 1.807) is 24.0 Å². The Morgan fingerprint density at radius 1 is 1.07 bits per heavy atom. The number of nitrogens with one attached hydrogen (secondary N) is 1. The molecule has 0 aliphatic heterocycles. The Balaban J connectivity index is 2.12. The van der Waals surface area contributed by atoms with Gasteiger partial charge < -0.3 is 15.0 Å². The third-order valence-corrected chi connectivity index (χ3v) is 5.07. The number of rotatable bonds is 9. The Morgan fingerprint density at radius 2 is 1.71 bits per heavy atom. The van der Waals surface area contributed by atoms with Crippen LogP contribution in [0.3, 0.4) is 0 Å². The van der Waals surface area contributed by atoms with Gasteiger partial charge in [-0.2, -0.15) is 0 Å². The zero-order chi connectivity index (χ0) is 20.5. The molecule has 1 N–H and O–H groups in total. The third-order valence-electron chi connectivity index (χ3n) is 4.54. The fourth-order valence-corrected chi connectivity index (χ4v) is 2.84. The molecule has 2 unspecified atom stereocenters. The van der Waals surface area contributed by atoms with Gasteiger partial charge in [-0.1, -0.05) is 53.2 Å². The van der Waals surface area contributed by atoms with Gasteiger partial charge in [-0.15, -0.1) is 0 Å². The zero-order valence-electron chi connectivity index (χ0n) is 16.5. The molecule has 0 spiro atoms. The first-order valence-electron chi connectivity index (χ1n) is 9.42. The summed E-state index contributed by atoms with van der Waals surface area (Å²) in [5.41, 5.74) is 0.944. The molecule has 0 aliphatic rings. The quantitative estimate of drug-likeness (QED) is 0.628. The van der Waals surface area contributed by atoms with E-state index in [2.05, 4.69) is 21.2 Å². The highest BCUT2D eigenvalue weighted by atomic mass is 79.9. The van der Waals surface area contributed by atoms with Crippen molar-refractivity contribution in [1.82, 2.24) is 10.2 Å². The summed E-state index contributed by atoms with van der Waals surface area (Å²) in [6.45, 7) is 5.91. The van der Waals surface area contributed by atoms with Crippen molar-refractivity contribution >= 4 is 27.7 Å². The van der Waals surface area contributed by atoms with Crippen LogP contribution in [0.5, 0.6) is 5.75 Å². The molecule has 0 aromatic heterocycles. The van der Waals surface area contributed by atoms with E-state index < -0.39 is 6.04 Å². The molecule has 0 saturated heterocycles. The second-order valence-electron chi connectivity index (χ2n) is 6.74. The highest BCUT2D eigenvalue weighted by Crippen LogP contribution is 2.15. The number of nitrogens with zero attached hydrogens (tertiary/aromatic N) is 1. The van der Waals surface area contributed by atoms with Crippen LogP contribution in [0.2, 0.25) is 0 Å². The summed E-state index contributed by atoms with van der Waals surface area (Å²) in [5.74, 6) is 0.217. The predicted octanol–water partition coefficient (Wildman–Crippen LogP) is 4.16. The minimum atomic E-state index is -0.607. The average Bonchev–Trinajstić information content (AvgIpc) is 2.71. The Bertz CT molecular complexity index is 765. The first-order valence-corrected chi connectivity index (χ1v) is 10.2. The lowest BCUT2D eigenvalue weighted by Crippen LogP contribution is -2.50. The largest absolute Gasteiger partial charge is 0.484 e. The summed E-state index contributed by atoms with van der Waals surface area (Å²) in [6.07, 6.45) is 0.830. The summed E-state index contributed by atoms with van der Waals surface area (Å²) in [7, 11) is 0. The number of hydrogen-bond donors (Lipinski definition) is 1. The molecule has 6 heteroatoms. The van der Waals surface area contributed by atoms with Crippen LogP contribution in [0, 0.1) is 0 Å². The van der Waals surface area contributed by atoms with Gasteiger partial charge in [0.2, 0.25) is 5.91 Å². The van der Waals surface area contributed by atoms with Crippen LogP contribution in [-0.2, 0) is 16.1 Å². The topological polar surface area (TPSA) is 58.6 Å². The molecule has 0 radical (unpaired) electrons. The monoisotopic (exact) mass is 446 g/mol. The lowest BCUT2D eigenvalue weighted by Gasteiger charge is -2.29. The molecule has 0 aliphatic carbocycles. The van der Waals surface area contributed by atoms with E-state index in [4.69, 9.17) is 4.74 Å². The van der Waals surface area contributed by atoms with E-state index in [-0.39, 0.29) is 24.5 Å². The second-order valence-corrected chi connectivity index (χ2v) is 7.66. The maximum Gasteiger partial charge on any atom is 0.261 e. The third kappa shape index (κ3) is 6.68. The van der Waals surface area contributed by atoms with Gasteiger partial charge in [0.15, 0.2) is 6.61 Å². The Morgan fingerprint density at radius 3 is 2.32 bits per heavy atom. The summed E-state index contributed by atoms with van der Waals surface area (Å²) < 4.78 is 6.57. The summed E-state index contributed by atoms with van der Waals surface area (Å²) in [4.78, 5) is 27.1. The van der Waals surface area contributed by atoms with Crippen molar-refractivity contribution in [2.45, 2.75) is 45.8 Å². The van der Waals surface area contributed by atoms with E-state index in [0.717, 1.165) is 16.5 Å². The molecule has 5 nitrogen and oxygen atoms in total. The fraction of sp³-hybridized carbons (Fsp3) is 0.364. The molecule has 0 heterocycles. The van der Waals surface area contributed by atoms with Gasteiger partial charge in [0.1, 0.15) is 11.8 Å². The van der Waals surface area contributed by atoms with Crippen LogP contribution < -0.4 is 10.1 Å². The molecule has 150 valence electrons. The van der Waals surface area contributed by atoms with Crippen LogP contribution in [-0.4, -0.2) is 35.4 Å². The lowest BCUT2D eigenvalue weighted by molar-refractivity contribution is -0.142. The van der Waals surface area contributed by atoms with Crippen LogP contribution in [0.15, 0.2) is 59.1 Å². The van der Waals surface area contributed by atoms with Gasteiger partial charge in [-0.25, -0.2) is 0 Å². The summed E-state index contributed by atoms with van der Waals surface area (Å²) >= 11 is 3.41. The smallest absolute Gasteiger partial charge is 0.261 e. The van der Waals surface area contributed by atoms with Gasteiger partial charge in [0.25, 0.3) is 5.91 Å². The number of carbonyl (C=O) groups excluding carboxylic acids is 2. The van der Waals surface area contributed by atoms with Crippen LogP contribution in [0.1, 0.15) is 32.8 Å². The molecular formula is C22H27BrN2O3. The normalized spacial score (nSPS) is 12.7. The van der Waals surface area contributed by atoms with Crippen molar-refractivity contribution in [2.24, 2.45) is 0 Å². The van der Waals surface area contributed by atoms with Crippen molar-refractivity contribution in [1.29, 1.82) is 0 Å². The van der Waals surface area contributed by atoms with Gasteiger partial charge in [0.05, 0.1) is 0 Å². The maximum atomic E-state index is 12.9. The number of ether oxygens (including phenoxy) is 1. The molecule has 2 aromatic rings. The van der Waals surface area contributed by atoms with Crippen LogP contribution in [0.4, 0.5) is 0 Å². The van der Waals surface area contributed by atoms with E-state index in [0.29, 0.717) is 12.3 Å². The van der Waals surface area contributed by atoms with E-state index in [1.807, 2.05) is 56.3 Å². The molecular weight excluding hydrogens is 420 g/mol. The lowest BCUT2D eigenvalue weighted by atomic mass is 10.1. The predicted molar refractivity (Wildman–Crippen MR) is 114 cm³/mol. The molecule has 28 heavy (non-hydrogen) atoms. The van der Waals surface area contributed by atoms with Crippen molar-refractivity contribution in [3.63, 3.8) is 0 Å². The fourth-order valence-electron chi connectivity index (χ4n) is 2.58. The Kier molecular flexibility index (Phi) is 8.51. The highest BCUT2D eigenvalue weighted by molar-refractivity contribution is 9.10. The first-order chi connectivity index (χ1) is 13.4. The van der Waals surface area contributed by atoms with Crippen LogP contribution >= 0.6 is 15.9 Å². The average molecular weight is 447 g/mol. The molecule has 0 bridgehead atoms. The maximum absolute atomic E-state index is 12.9. The molecule has 2 amide bonds. The molecule has 0 saturated carbocycles.